The number of aliphatic hydroxyl groups is 1. The van der Waals surface area contributed by atoms with Crippen molar-refractivity contribution in [1.82, 2.24) is 9.47 Å². The van der Waals surface area contributed by atoms with Gasteiger partial charge < -0.3 is 9.84 Å². The van der Waals surface area contributed by atoms with Crippen LogP contribution in [-0.4, -0.2) is 45.0 Å². The molecule has 0 spiro atoms. The van der Waals surface area contributed by atoms with E-state index >= 15 is 0 Å². The lowest BCUT2D eigenvalue weighted by molar-refractivity contribution is -0.692. The summed E-state index contributed by atoms with van der Waals surface area (Å²) in [6.45, 7) is 6.18. The van der Waals surface area contributed by atoms with E-state index in [1.54, 1.807) is 4.57 Å². The number of carbonyl (C=O) groups is 2. The number of esters is 1. The third-order valence-corrected chi connectivity index (χ3v) is 5.25. The lowest BCUT2D eigenvalue weighted by Gasteiger charge is -2.40. The van der Waals surface area contributed by atoms with Gasteiger partial charge in [0.1, 0.15) is 24.4 Å². The van der Waals surface area contributed by atoms with Crippen molar-refractivity contribution >= 4 is 28.7 Å². The highest BCUT2D eigenvalue weighted by Gasteiger charge is 2.57. The molecule has 3 heterocycles. The molecule has 1 aromatic heterocycles. The van der Waals surface area contributed by atoms with Gasteiger partial charge in [-0.1, -0.05) is 24.4 Å². The molecule has 2 aliphatic rings. The minimum Gasteiger partial charge on any atom is -0.457 e. The normalized spacial score (nSPS) is 22.9. The number of aliphatic hydroxyl groups excluding tert-OH is 1. The first-order valence-corrected chi connectivity index (χ1v) is 8.20. The Kier molecular flexibility index (Phi) is 4.27. The van der Waals surface area contributed by atoms with Crippen LogP contribution in [-0.2, 0) is 20.9 Å². The van der Waals surface area contributed by atoms with E-state index in [9.17, 15) is 14.7 Å². The number of aromatic nitrogens is 2. The van der Waals surface area contributed by atoms with Crippen molar-refractivity contribution in [3.05, 3.63) is 37.1 Å². The van der Waals surface area contributed by atoms with Gasteiger partial charge in [-0.05, 0) is 6.92 Å². The summed E-state index contributed by atoms with van der Waals surface area (Å²) in [6, 6.07) is 0. The summed E-state index contributed by atoms with van der Waals surface area (Å²) in [5.41, 5.74) is 0.232. The van der Waals surface area contributed by atoms with Gasteiger partial charge in [0, 0.05) is 0 Å². The number of thioether (sulfide) groups is 1. The van der Waals surface area contributed by atoms with Gasteiger partial charge in [0.15, 0.2) is 10.7 Å². The predicted octanol–water partition coefficient (Wildman–Crippen LogP) is 0.174. The molecule has 122 valence electrons. The molecule has 1 amide bonds. The molecule has 1 aromatic rings. The van der Waals surface area contributed by atoms with E-state index in [4.69, 9.17) is 4.74 Å². The minimum absolute atomic E-state index is 0.0804. The highest BCUT2D eigenvalue weighted by Crippen LogP contribution is 2.50. The monoisotopic (exact) mass is 336 g/mol. The minimum atomic E-state index is -0.559. The molecule has 2 atom stereocenters. The van der Waals surface area contributed by atoms with E-state index in [2.05, 4.69) is 6.58 Å². The van der Waals surface area contributed by atoms with Gasteiger partial charge in [0.25, 0.3) is 0 Å². The van der Waals surface area contributed by atoms with Crippen molar-refractivity contribution in [3.8, 4) is 0 Å². The van der Waals surface area contributed by atoms with Gasteiger partial charge in [-0.25, -0.2) is 9.36 Å². The predicted molar refractivity (Wildman–Crippen MR) is 83.5 cm³/mol. The number of hydrogen-bond acceptors (Lipinski definition) is 5. The molecule has 0 saturated carbocycles. The number of imidazole rings is 1. The van der Waals surface area contributed by atoms with Crippen LogP contribution in [0.4, 0.5) is 0 Å². The SMILES string of the molecule is C=CCOC(=O)C1=C(n2cc[n+](CC)c2)S[C@@H]2[C@@H](CO)C(=O)N12. The first-order chi connectivity index (χ1) is 11.1. The van der Waals surface area contributed by atoms with Crippen LogP contribution in [0.5, 0.6) is 0 Å². The van der Waals surface area contributed by atoms with Crippen LogP contribution in [0.1, 0.15) is 6.92 Å². The van der Waals surface area contributed by atoms with Crippen molar-refractivity contribution in [2.24, 2.45) is 5.92 Å². The Bertz CT molecular complexity index is 697. The number of rotatable bonds is 6. The molecule has 0 unspecified atom stereocenters. The Morgan fingerprint density at radius 2 is 2.39 bits per heavy atom. The van der Waals surface area contributed by atoms with Gasteiger partial charge in [0.05, 0.1) is 19.1 Å². The van der Waals surface area contributed by atoms with E-state index in [1.165, 1.54) is 22.7 Å². The first kappa shape index (κ1) is 15.8. The topological polar surface area (TPSA) is 75.6 Å². The zero-order valence-electron chi connectivity index (χ0n) is 12.7. The molecule has 2 aliphatic heterocycles. The van der Waals surface area contributed by atoms with Crippen molar-refractivity contribution in [1.29, 1.82) is 0 Å². The van der Waals surface area contributed by atoms with Crippen molar-refractivity contribution in [3.63, 3.8) is 0 Å². The number of nitrogens with zero attached hydrogens (tertiary/aromatic N) is 3. The number of hydrogen-bond donors (Lipinski definition) is 1. The first-order valence-electron chi connectivity index (χ1n) is 7.32. The second kappa shape index (κ2) is 6.21. The zero-order valence-corrected chi connectivity index (χ0v) is 13.5. The maximum Gasteiger partial charge on any atom is 0.360 e. The highest BCUT2D eigenvalue weighted by atomic mass is 32.2. The molecule has 1 fully saturated rings. The molecular weight excluding hydrogens is 318 g/mol. The largest absolute Gasteiger partial charge is 0.457 e. The van der Waals surface area contributed by atoms with Crippen molar-refractivity contribution in [2.45, 2.75) is 18.8 Å². The molecule has 0 radical (unpaired) electrons. The Labute approximate surface area is 137 Å². The summed E-state index contributed by atoms with van der Waals surface area (Å²) >= 11 is 1.39. The van der Waals surface area contributed by atoms with Crippen LogP contribution >= 0.6 is 11.8 Å². The second-order valence-electron chi connectivity index (χ2n) is 5.20. The highest BCUT2D eigenvalue weighted by molar-refractivity contribution is 8.08. The van der Waals surface area contributed by atoms with Gasteiger partial charge >= 0.3 is 5.97 Å². The lowest BCUT2D eigenvalue weighted by atomic mass is 9.98. The van der Waals surface area contributed by atoms with Crippen LogP contribution in [0.15, 0.2) is 37.1 Å². The third kappa shape index (κ3) is 2.47. The number of ether oxygens (including phenoxy) is 1. The number of β-lactam (4-membered cyclic amide) rings is 1. The average molecular weight is 336 g/mol. The summed E-state index contributed by atoms with van der Waals surface area (Å²) in [5, 5.41) is 9.73. The number of carbonyl (C=O) groups excluding carboxylic acids is 2. The van der Waals surface area contributed by atoms with Crippen LogP contribution in [0.2, 0.25) is 0 Å². The fourth-order valence-corrected chi connectivity index (χ4v) is 4.04. The molecule has 0 bridgehead atoms. The van der Waals surface area contributed by atoms with Crippen LogP contribution < -0.4 is 4.57 Å². The molecule has 7 nitrogen and oxygen atoms in total. The quantitative estimate of drug-likeness (QED) is 0.347. The lowest BCUT2D eigenvalue weighted by Crippen LogP contribution is -2.58. The molecule has 1 N–H and O–H groups in total. The van der Waals surface area contributed by atoms with Gasteiger partial charge in [-0.3, -0.25) is 9.69 Å². The summed E-state index contributed by atoms with van der Waals surface area (Å²) in [6.07, 6.45) is 7.05. The van der Waals surface area contributed by atoms with Crippen LogP contribution in [0.3, 0.4) is 0 Å². The maximum absolute atomic E-state index is 12.4. The number of amides is 1. The summed E-state index contributed by atoms with van der Waals surface area (Å²) in [4.78, 5) is 26.0. The number of fused-ring (bicyclic) bond motifs is 1. The third-order valence-electron chi connectivity index (χ3n) is 3.84. The molecule has 0 aromatic carbocycles. The Balaban J connectivity index is 1.97. The molecule has 8 heteroatoms. The molecular formula is C15H18N3O4S+. The fourth-order valence-electron chi connectivity index (χ4n) is 2.61. The molecule has 1 saturated heterocycles. The average Bonchev–Trinajstić information content (AvgIpc) is 3.15. The number of aryl methyl sites for hydroxylation is 1. The summed E-state index contributed by atoms with van der Waals surface area (Å²) in [7, 11) is 0. The van der Waals surface area contributed by atoms with Crippen LogP contribution in [0.25, 0.3) is 5.03 Å². The van der Waals surface area contributed by atoms with Crippen molar-refractivity contribution < 1.29 is 24.0 Å². The Hall–Kier alpha value is -2.06. The van der Waals surface area contributed by atoms with E-state index in [0.29, 0.717) is 5.03 Å². The molecule has 3 rings (SSSR count). The fraction of sp³-hybridized carbons (Fsp3) is 0.400. The Morgan fingerprint density at radius 3 is 3.00 bits per heavy atom. The zero-order chi connectivity index (χ0) is 16.6. The molecule has 0 aliphatic carbocycles. The van der Waals surface area contributed by atoms with Gasteiger partial charge in [-0.2, -0.15) is 4.57 Å². The van der Waals surface area contributed by atoms with E-state index in [0.717, 1.165) is 6.54 Å². The van der Waals surface area contributed by atoms with E-state index < -0.39 is 11.9 Å². The summed E-state index contributed by atoms with van der Waals surface area (Å²) in [5.74, 6) is -1.29. The van der Waals surface area contributed by atoms with Gasteiger partial charge in [-0.15, -0.1) is 0 Å². The van der Waals surface area contributed by atoms with Gasteiger partial charge in [0.2, 0.25) is 12.2 Å². The van der Waals surface area contributed by atoms with E-state index in [1.807, 2.05) is 30.2 Å². The second-order valence-corrected chi connectivity index (χ2v) is 6.30. The van der Waals surface area contributed by atoms with Crippen molar-refractivity contribution in [2.75, 3.05) is 13.2 Å². The maximum atomic E-state index is 12.4. The smallest absolute Gasteiger partial charge is 0.360 e. The Morgan fingerprint density at radius 1 is 1.61 bits per heavy atom. The standard InChI is InChI=1S/C15H18N3O4S/c1-3-7-22-15(21)11-14(17-6-5-16(4-2)9-17)23-13-10(8-19)12(20)18(11)13/h3,5-6,9-10,13,19H,1,4,7-8H2,2H3/q+1/t10-,13+/m0/s1. The van der Waals surface area contributed by atoms with E-state index in [-0.39, 0.29) is 30.2 Å². The summed E-state index contributed by atoms with van der Waals surface area (Å²) < 4.78 is 8.89. The molecule has 23 heavy (non-hydrogen) atoms. The van der Waals surface area contributed by atoms with Crippen LogP contribution in [0, 0.1) is 5.92 Å².